The lowest BCUT2D eigenvalue weighted by Gasteiger charge is -1.94. The number of alkyl halides is 1. The molecule has 1 N–H and O–H groups in total. The molecule has 4 nitrogen and oxygen atoms in total. The molecule has 2 unspecified atom stereocenters. The van der Waals surface area contributed by atoms with E-state index in [1.54, 1.807) is 28.7 Å². The lowest BCUT2D eigenvalue weighted by atomic mass is 10.9. The summed E-state index contributed by atoms with van der Waals surface area (Å²) in [6.45, 7) is 0. The molecule has 0 rings (SSSR count). The van der Waals surface area contributed by atoms with Gasteiger partial charge >= 0.3 is 8.25 Å². The van der Waals surface area contributed by atoms with Crippen molar-refractivity contribution >= 4 is 30.8 Å². The Labute approximate surface area is 60.5 Å². The van der Waals surface area contributed by atoms with Crippen LogP contribution in [-0.2, 0) is 9.09 Å². The van der Waals surface area contributed by atoms with Crippen LogP contribution < -0.4 is 0 Å². The van der Waals surface area contributed by atoms with Crippen molar-refractivity contribution in [1.82, 2.24) is 0 Å². The largest absolute Gasteiger partial charge is 0.326 e. The first-order valence-electron chi connectivity index (χ1n) is 1.60. The van der Waals surface area contributed by atoms with Crippen LogP contribution in [0.3, 0.4) is 0 Å². The fourth-order valence-corrected chi connectivity index (χ4v) is 0.997. The minimum absolute atomic E-state index is 0.816. The highest BCUT2D eigenvalue weighted by molar-refractivity contribution is 14.1. The van der Waals surface area contributed by atoms with Crippen LogP contribution in [0.2, 0.25) is 0 Å². The predicted octanol–water partition coefficient (Wildman–Crippen LogP) is 0.670. The minimum atomic E-state index is -2.93. The number of halogens is 1. The quantitative estimate of drug-likeness (QED) is 0.442. The van der Waals surface area contributed by atoms with Crippen molar-refractivity contribution in [3.8, 4) is 6.07 Å². The Morgan fingerprint density at radius 1 is 2.00 bits per heavy atom. The molecule has 0 fully saturated rings. The van der Waals surface area contributed by atoms with Gasteiger partial charge in [0.15, 0.2) is 0 Å². The van der Waals surface area contributed by atoms with Gasteiger partial charge in [0.2, 0.25) is 4.11 Å². The van der Waals surface area contributed by atoms with Gasteiger partial charge in [0.1, 0.15) is 6.07 Å². The number of hydrogen-bond donors (Lipinski definition) is 1. The fourth-order valence-electron chi connectivity index (χ4n) is 0.115. The third kappa shape index (κ3) is 4.53. The summed E-state index contributed by atoms with van der Waals surface area (Å²) in [6, 6.07) is 1.63. The highest BCUT2D eigenvalue weighted by atomic mass is 127. The topological polar surface area (TPSA) is 70.3 Å². The summed E-state index contributed by atoms with van der Waals surface area (Å²) in [4.78, 5) is 8.02. The summed E-state index contributed by atoms with van der Waals surface area (Å²) in [6.07, 6.45) is 0. The highest BCUT2D eigenvalue weighted by Gasteiger charge is 2.01. The lowest BCUT2D eigenvalue weighted by Crippen LogP contribution is -1.91. The second-order valence-corrected chi connectivity index (χ2v) is 2.73. The maximum Gasteiger partial charge on any atom is 0.318 e. The molecule has 0 aliphatic heterocycles. The molecule has 0 spiro atoms. The maximum atomic E-state index is 9.78. The first-order chi connectivity index (χ1) is 3.66. The van der Waals surface area contributed by atoms with Crippen LogP contribution in [0.1, 0.15) is 0 Å². The van der Waals surface area contributed by atoms with Crippen LogP contribution in [0.25, 0.3) is 0 Å². The normalized spacial score (nSPS) is 16.6. The van der Waals surface area contributed by atoms with Crippen LogP contribution in [0.4, 0.5) is 0 Å². The molecule has 0 aromatic carbocycles. The molecule has 0 aliphatic carbocycles. The van der Waals surface area contributed by atoms with Crippen molar-refractivity contribution in [3.63, 3.8) is 0 Å². The SMILES string of the molecule is N#CC(I)O[PH](=O)O. The van der Waals surface area contributed by atoms with Crippen LogP contribution in [0.15, 0.2) is 0 Å². The van der Waals surface area contributed by atoms with E-state index in [1.165, 1.54) is 0 Å². The van der Waals surface area contributed by atoms with Crippen molar-refractivity contribution in [3.05, 3.63) is 0 Å². The minimum Gasteiger partial charge on any atom is -0.326 e. The molecule has 0 bridgehead atoms. The Morgan fingerprint density at radius 2 is 2.50 bits per heavy atom. The predicted molar refractivity (Wildman–Crippen MR) is 35.7 cm³/mol. The van der Waals surface area contributed by atoms with Gasteiger partial charge in [-0.3, -0.25) is 9.09 Å². The smallest absolute Gasteiger partial charge is 0.318 e. The molecular weight excluding hydrogens is 244 g/mol. The molecule has 0 saturated heterocycles. The molecule has 46 valence electrons. The van der Waals surface area contributed by atoms with Crippen LogP contribution in [0.5, 0.6) is 0 Å². The monoisotopic (exact) mass is 247 g/mol. The third-order valence-corrected chi connectivity index (χ3v) is 1.76. The van der Waals surface area contributed by atoms with Gasteiger partial charge in [-0.05, 0) is 22.6 Å². The van der Waals surface area contributed by atoms with Gasteiger partial charge in [-0.25, -0.2) is 0 Å². The zero-order valence-corrected chi connectivity index (χ0v) is 6.82. The van der Waals surface area contributed by atoms with Gasteiger partial charge in [0, 0.05) is 0 Å². The molecule has 0 amide bonds. The van der Waals surface area contributed by atoms with Crippen LogP contribution >= 0.6 is 30.8 Å². The lowest BCUT2D eigenvalue weighted by molar-refractivity contribution is 0.305. The molecular formula is C2H3INO3P. The van der Waals surface area contributed by atoms with Gasteiger partial charge in [0.05, 0.1) is 0 Å². The van der Waals surface area contributed by atoms with Gasteiger partial charge in [-0.15, -0.1) is 0 Å². The second kappa shape index (κ2) is 4.27. The van der Waals surface area contributed by atoms with E-state index in [2.05, 4.69) is 4.52 Å². The first kappa shape index (κ1) is 8.37. The van der Waals surface area contributed by atoms with Crippen LogP contribution in [0, 0.1) is 11.3 Å². The van der Waals surface area contributed by atoms with Gasteiger partial charge in [-0.1, -0.05) is 0 Å². The molecule has 2 atom stereocenters. The van der Waals surface area contributed by atoms with Gasteiger partial charge in [-0.2, -0.15) is 5.26 Å². The van der Waals surface area contributed by atoms with E-state index >= 15 is 0 Å². The summed E-state index contributed by atoms with van der Waals surface area (Å²) in [5.41, 5.74) is 0. The van der Waals surface area contributed by atoms with Crippen molar-refractivity contribution in [2.75, 3.05) is 0 Å². The van der Waals surface area contributed by atoms with E-state index in [1.807, 2.05) is 0 Å². The maximum absolute atomic E-state index is 9.78. The summed E-state index contributed by atoms with van der Waals surface area (Å²) in [7, 11) is -2.93. The van der Waals surface area contributed by atoms with Crippen LogP contribution in [-0.4, -0.2) is 9.00 Å². The fraction of sp³-hybridized carbons (Fsp3) is 0.500. The van der Waals surface area contributed by atoms with E-state index in [-0.39, 0.29) is 0 Å². The molecule has 0 aromatic rings. The van der Waals surface area contributed by atoms with E-state index in [0.717, 1.165) is 0 Å². The molecule has 0 aliphatic rings. The standard InChI is InChI=1S/C2H3INO3P/c3-2(1-4)7-8(5)6/h2,8H,(H,5,6). The van der Waals surface area contributed by atoms with Crippen molar-refractivity contribution in [1.29, 1.82) is 5.26 Å². The molecule has 0 radical (unpaired) electrons. The molecule has 0 heterocycles. The third-order valence-electron chi connectivity index (χ3n) is 0.306. The van der Waals surface area contributed by atoms with Gasteiger partial charge in [0.25, 0.3) is 0 Å². The highest BCUT2D eigenvalue weighted by Crippen LogP contribution is 2.20. The van der Waals surface area contributed by atoms with Crippen molar-refractivity contribution in [2.24, 2.45) is 0 Å². The van der Waals surface area contributed by atoms with E-state index in [9.17, 15) is 4.57 Å². The summed E-state index contributed by atoms with van der Waals surface area (Å²) in [5, 5.41) is 7.97. The zero-order chi connectivity index (χ0) is 6.57. The van der Waals surface area contributed by atoms with Gasteiger partial charge < -0.3 is 4.89 Å². The Bertz CT molecular complexity index is 132. The average molecular weight is 247 g/mol. The Hall–Kier alpha value is 0.370. The summed E-state index contributed by atoms with van der Waals surface area (Å²) < 4.78 is 13.1. The number of nitrogens with zero attached hydrogens (tertiary/aromatic N) is 1. The average Bonchev–Trinajstić information content (AvgIpc) is 1.65. The summed E-state index contributed by atoms with van der Waals surface area (Å²) in [5.74, 6) is 0. The zero-order valence-electron chi connectivity index (χ0n) is 3.67. The molecule has 6 heteroatoms. The molecule has 8 heavy (non-hydrogen) atoms. The number of hydrogen-bond acceptors (Lipinski definition) is 3. The van der Waals surface area contributed by atoms with E-state index in [4.69, 9.17) is 10.2 Å². The Morgan fingerprint density at radius 3 is 2.62 bits per heavy atom. The molecule has 0 aromatic heterocycles. The first-order valence-corrected chi connectivity index (χ1v) is 4.11. The van der Waals surface area contributed by atoms with Crippen molar-refractivity contribution in [2.45, 2.75) is 4.11 Å². The number of rotatable bonds is 2. The van der Waals surface area contributed by atoms with Crippen molar-refractivity contribution < 1.29 is 14.0 Å². The Balaban J connectivity index is 3.43. The Kier molecular flexibility index (Phi) is 4.47. The molecule has 0 saturated carbocycles. The van der Waals surface area contributed by atoms with E-state index < -0.39 is 12.4 Å². The second-order valence-electron chi connectivity index (χ2n) is 0.829. The number of nitriles is 1. The van der Waals surface area contributed by atoms with E-state index in [0.29, 0.717) is 0 Å². The summed E-state index contributed by atoms with van der Waals surface area (Å²) >= 11 is 1.60.